The summed E-state index contributed by atoms with van der Waals surface area (Å²) in [5, 5.41) is 0. The van der Waals surface area contributed by atoms with Gasteiger partial charge < -0.3 is 5.73 Å². The van der Waals surface area contributed by atoms with Crippen LogP contribution in [-0.2, 0) is 5.54 Å². The Labute approximate surface area is 107 Å². The van der Waals surface area contributed by atoms with E-state index in [2.05, 4.69) is 48.0 Å². The van der Waals surface area contributed by atoms with Crippen molar-refractivity contribution < 1.29 is 0 Å². The summed E-state index contributed by atoms with van der Waals surface area (Å²) < 4.78 is 1.15. The van der Waals surface area contributed by atoms with Gasteiger partial charge >= 0.3 is 0 Å². The molecule has 1 aliphatic carbocycles. The zero-order chi connectivity index (χ0) is 11.8. The van der Waals surface area contributed by atoms with E-state index in [9.17, 15) is 0 Å². The first-order valence-corrected chi connectivity index (χ1v) is 6.76. The summed E-state index contributed by atoms with van der Waals surface area (Å²) in [4.78, 5) is 0. The molecule has 2 heteroatoms. The highest BCUT2D eigenvalue weighted by molar-refractivity contribution is 9.10. The number of hydrogen-bond acceptors (Lipinski definition) is 1. The molecule has 0 bridgehead atoms. The van der Waals surface area contributed by atoms with E-state index in [0.29, 0.717) is 5.41 Å². The average molecular weight is 282 g/mol. The third-order valence-corrected chi connectivity index (χ3v) is 4.60. The van der Waals surface area contributed by atoms with Gasteiger partial charge in [0.25, 0.3) is 0 Å². The maximum Gasteiger partial charge on any atom is 0.0421 e. The van der Waals surface area contributed by atoms with E-state index in [1.807, 2.05) is 6.07 Å². The number of halogens is 1. The van der Waals surface area contributed by atoms with Gasteiger partial charge in [-0.2, -0.15) is 0 Å². The van der Waals surface area contributed by atoms with Crippen LogP contribution in [0.1, 0.15) is 45.1 Å². The highest BCUT2D eigenvalue weighted by Crippen LogP contribution is 2.45. The lowest BCUT2D eigenvalue weighted by Crippen LogP contribution is -2.42. The number of nitrogens with two attached hydrogens (primary N) is 1. The lowest BCUT2D eigenvalue weighted by atomic mass is 9.67. The van der Waals surface area contributed by atoms with Gasteiger partial charge in [0.05, 0.1) is 0 Å². The van der Waals surface area contributed by atoms with Gasteiger partial charge in [-0.3, -0.25) is 0 Å². The second kappa shape index (κ2) is 4.15. The molecule has 88 valence electrons. The molecule has 2 N–H and O–H groups in total. The second-order valence-corrected chi connectivity index (χ2v) is 6.65. The predicted molar refractivity (Wildman–Crippen MR) is 72.3 cm³/mol. The smallest absolute Gasteiger partial charge is 0.0421 e. The predicted octanol–water partition coefficient (Wildman–Crippen LogP) is 4.20. The van der Waals surface area contributed by atoms with Crippen LogP contribution in [0.3, 0.4) is 0 Å². The van der Waals surface area contributed by atoms with Crippen LogP contribution in [0.2, 0.25) is 0 Å². The fourth-order valence-corrected chi connectivity index (χ4v) is 3.19. The molecule has 0 atom stereocenters. The fourth-order valence-electron chi connectivity index (χ4n) is 2.51. The summed E-state index contributed by atoms with van der Waals surface area (Å²) >= 11 is 3.62. The number of rotatable bonds is 1. The Kier molecular flexibility index (Phi) is 3.15. The van der Waals surface area contributed by atoms with Gasteiger partial charge in [0.15, 0.2) is 0 Å². The molecule has 0 heterocycles. The zero-order valence-electron chi connectivity index (χ0n) is 10.1. The molecule has 1 aromatic carbocycles. The van der Waals surface area contributed by atoms with Gasteiger partial charge in [0.2, 0.25) is 0 Å². The topological polar surface area (TPSA) is 26.0 Å². The van der Waals surface area contributed by atoms with E-state index in [4.69, 9.17) is 5.73 Å². The zero-order valence-corrected chi connectivity index (χ0v) is 11.7. The number of benzene rings is 1. The molecule has 1 nitrogen and oxygen atoms in total. The molecule has 0 spiro atoms. The summed E-state index contributed by atoms with van der Waals surface area (Å²) in [7, 11) is 0. The van der Waals surface area contributed by atoms with Crippen molar-refractivity contribution in [1.29, 1.82) is 0 Å². The van der Waals surface area contributed by atoms with Crippen LogP contribution in [0.4, 0.5) is 0 Å². The van der Waals surface area contributed by atoms with Crippen LogP contribution < -0.4 is 5.73 Å². The van der Waals surface area contributed by atoms with Crippen molar-refractivity contribution in [2.75, 3.05) is 0 Å². The summed E-state index contributed by atoms with van der Waals surface area (Å²) in [6, 6.07) is 8.37. The van der Waals surface area contributed by atoms with Crippen molar-refractivity contribution in [2.24, 2.45) is 11.1 Å². The Bertz CT molecular complexity index is 374. The van der Waals surface area contributed by atoms with E-state index in [-0.39, 0.29) is 5.54 Å². The molecule has 1 aliphatic rings. The van der Waals surface area contributed by atoms with Crippen LogP contribution in [-0.4, -0.2) is 0 Å². The van der Waals surface area contributed by atoms with Crippen molar-refractivity contribution in [3.63, 3.8) is 0 Å². The van der Waals surface area contributed by atoms with Gasteiger partial charge in [-0.25, -0.2) is 0 Å². The van der Waals surface area contributed by atoms with Gasteiger partial charge in [0, 0.05) is 10.0 Å². The standard InChI is InChI=1S/C14H20BrN/c1-13(2)7-9-14(16,10-8-13)11-5-3-4-6-12(11)15/h3-6H,7-10,16H2,1-2H3. The molecule has 0 unspecified atom stereocenters. The lowest BCUT2D eigenvalue weighted by molar-refractivity contribution is 0.165. The Morgan fingerprint density at radius 2 is 1.62 bits per heavy atom. The van der Waals surface area contributed by atoms with Crippen molar-refractivity contribution in [1.82, 2.24) is 0 Å². The lowest BCUT2D eigenvalue weighted by Gasteiger charge is -2.42. The van der Waals surface area contributed by atoms with Crippen LogP contribution in [0.25, 0.3) is 0 Å². The highest BCUT2D eigenvalue weighted by atomic mass is 79.9. The molecule has 0 aromatic heterocycles. The summed E-state index contributed by atoms with van der Waals surface area (Å²) in [5.41, 5.74) is 8.17. The molecule has 0 aliphatic heterocycles. The summed E-state index contributed by atoms with van der Waals surface area (Å²) in [5.74, 6) is 0. The van der Waals surface area contributed by atoms with Crippen LogP contribution in [0.15, 0.2) is 28.7 Å². The van der Waals surface area contributed by atoms with Crippen LogP contribution in [0, 0.1) is 5.41 Å². The molecule has 1 aromatic rings. The first kappa shape index (κ1) is 12.1. The molecule has 0 radical (unpaired) electrons. The monoisotopic (exact) mass is 281 g/mol. The minimum absolute atomic E-state index is 0.129. The van der Waals surface area contributed by atoms with Gasteiger partial charge in [-0.15, -0.1) is 0 Å². The largest absolute Gasteiger partial charge is 0.321 e. The van der Waals surface area contributed by atoms with Crippen molar-refractivity contribution in [2.45, 2.75) is 45.1 Å². The molecule has 0 amide bonds. The first-order valence-electron chi connectivity index (χ1n) is 5.97. The Morgan fingerprint density at radius 1 is 1.06 bits per heavy atom. The normalized spacial score (nSPS) is 23.0. The summed E-state index contributed by atoms with van der Waals surface area (Å²) in [6.45, 7) is 4.68. The van der Waals surface area contributed by atoms with Crippen molar-refractivity contribution in [3.8, 4) is 0 Å². The molecule has 2 rings (SSSR count). The van der Waals surface area contributed by atoms with E-state index >= 15 is 0 Å². The maximum atomic E-state index is 6.57. The SMILES string of the molecule is CC1(C)CCC(N)(c2ccccc2Br)CC1. The Hall–Kier alpha value is -0.340. The molecule has 1 saturated carbocycles. The third-order valence-electron chi connectivity index (χ3n) is 3.91. The van der Waals surface area contributed by atoms with Gasteiger partial charge in [0.1, 0.15) is 0 Å². The molecule has 16 heavy (non-hydrogen) atoms. The summed E-state index contributed by atoms with van der Waals surface area (Å²) in [6.07, 6.45) is 4.60. The van der Waals surface area contributed by atoms with E-state index in [0.717, 1.165) is 17.3 Å². The molecular weight excluding hydrogens is 262 g/mol. The molecule has 1 fully saturated rings. The van der Waals surface area contributed by atoms with E-state index in [1.165, 1.54) is 18.4 Å². The van der Waals surface area contributed by atoms with Gasteiger partial charge in [-0.1, -0.05) is 48.0 Å². The first-order chi connectivity index (χ1) is 7.43. The van der Waals surface area contributed by atoms with Crippen LogP contribution >= 0.6 is 15.9 Å². The third kappa shape index (κ3) is 2.33. The average Bonchev–Trinajstić information content (AvgIpc) is 2.24. The number of hydrogen-bond donors (Lipinski definition) is 1. The van der Waals surface area contributed by atoms with Gasteiger partial charge in [-0.05, 0) is 42.7 Å². The second-order valence-electron chi connectivity index (χ2n) is 5.80. The van der Waals surface area contributed by atoms with E-state index in [1.54, 1.807) is 0 Å². The van der Waals surface area contributed by atoms with E-state index < -0.39 is 0 Å². The maximum absolute atomic E-state index is 6.57. The quantitative estimate of drug-likeness (QED) is 0.820. The van der Waals surface area contributed by atoms with Crippen LogP contribution in [0.5, 0.6) is 0 Å². The fraction of sp³-hybridized carbons (Fsp3) is 0.571. The van der Waals surface area contributed by atoms with Crippen molar-refractivity contribution >= 4 is 15.9 Å². The Morgan fingerprint density at radius 3 is 2.19 bits per heavy atom. The minimum Gasteiger partial charge on any atom is -0.321 e. The highest BCUT2D eigenvalue weighted by Gasteiger charge is 2.37. The molecule has 0 saturated heterocycles. The van der Waals surface area contributed by atoms with Crippen molar-refractivity contribution in [3.05, 3.63) is 34.3 Å². The molecular formula is C14H20BrN. The minimum atomic E-state index is -0.129. The Balaban J connectivity index is 2.25.